The lowest BCUT2D eigenvalue weighted by molar-refractivity contribution is -0.142. The van der Waals surface area contributed by atoms with Crippen molar-refractivity contribution in [1.29, 1.82) is 0 Å². The summed E-state index contributed by atoms with van der Waals surface area (Å²) in [6.45, 7) is 4.05. The standard InChI is InChI=1S/C23H24O3Si/c1-18(25)26-17-20-9-7-13-23(15-20)27(2,21-10-4-3-5-11-21)22-12-6-8-19(14-22)16-24/h3-15,24H,16-17H2,1-2H3. The fourth-order valence-corrected chi connectivity index (χ4v) is 7.08. The van der Waals surface area contributed by atoms with Gasteiger partial charge < -0.3 is 9.84 Å². The number of aliphatic hydroxyl groups is 1. The average Bonchev–Trinajstić information content (AvgIpc) is 2.72. The van der Waals surface area contributed by atoms with Gasteiger partial charge >= 0.3 is 5.97 Å². The summed E-state index contributed by atoms with van der Waals surface area (Å²) in [5.41, 5.74) is 1.90. The van der Waals surface area contributed by atoms with E-state index < -0.39 is 8.07 Å². The third-order valence-corrected chi connectivity index (χ3v) is 9.40. The van der Waals surface area contributed by atoms with E-state index in [1.165, 1.54) is 22.5 Å². The molecule has 138 valence electrons. The predicted molar refractivity (Wildman–Crippen MR) is 111 cm³/mol. The van der Waals surface area contributed by atoms with Gasteiger partial charge in [0, 0.05) is 6.92 Å². The van der Waals surface area contributed by atoms with Gasteiger partial charge in [-0.05, 0) is 26.7 Å². The third-order valence-electron chi connectivity index (χ3n) is 4.98. The molecular weight excluding hydrogens is 352 g/mol. The number of rotatable bonds is 6. The van der Waals surface area contributed by atoms with E-state index in [1.807, 2.05) is 30.3 Å². The molecule has 3 aromatic rings. The summed E-state index contributed by atoms with van der Waals surface area (Å²) in [7, 11) is -2.26. The van der Waals surface area contributed by atoms with Crippen LogP contribution in [0.3, 0.4) is 0 Å². The number of ether oxygens (including phenoxy) is 1. The highest BCUT2D eigenvalue weighted by atomic mass is 28.3. The molecule has 27 heavy (non-hydrogen) atoms. The van der Waals surface area contributed by atoms with E-state index in [-0.39, 0.29) is 19.2 Å². The van der Waals surface area contributed by atoms with Crippen molar-refractivity contribution in [2.75, 3.05) is 0 Å². The Hall–Kier alpha value is -2.69. The molecule has 1 N–H and O–H groups in total. The van der Waals surface area contributed by atoms with E-state index in [0.717, 1.165) is 11.1 Å². The first-order valence-corrected chi connectivity index (χ1v) is 11.5. The van der Waals surface area contributed by atoms with E-state index in [4.69, 9.17) is 4.74 Å². The third kappa shape index (κ3) is 4.18. The summed E-state index contributed by atoms with van der Waals surface area (Å²) < 4.78 is 5.19. The zero-order valence-corrected chi connectivity index (χ0v) is 16.7. The Morgan fingerprint density at radius 2 is 1.41 bits per heavy atom. The Bertz CT molecular complexity index is 924. The summed E-state index contributed by atoms with van der Waals surface area (Å²) in [4.78, 5) is 11.2. The summed E-state index contributed by atoms with van der Waals surface area (Å²) in [6, 6.07) is 27.0. The molecule has 0 aliphatic heterocycles. The number of aliphatic hydroxyl groups excluding tert-OH is 1. The molecule has 0 aliphatic carbocycles. The Balaban J connectivity index is 2.13. The maximum Gasteiger partial charge on any atom is 0.302 e. The molecule has 0 bridgehead atoms. The molecule has 4 heteroatoms. The lowest BCUT2D eigenvalue weighted by Gasteiger charge is -2.30. The van der Waals surface area contributed by atoms with Gasteiger partial charge in [-0.15, -0.1) is 0 Å². The summed E-state index contributed by atoms with van der Waals surface area (Å²) >= 11 is 0. The van der Waals surface area contributed by atoms with E-state index >= 15 is 0 Å². The van der Waals surface area contributed by atoms with Crippen molar-refractivity contribution in [3.8, 4) is 0 Å². The second kappa shape index (κ2) is 8.33. The average molecular weight is 377 g/mol. The van der Waals surface area contributed by atoms with E-state index in [0.29, 0.717) is 0 Å². The number of esters is 1. The second-order valence-electron chi connectivity index (χ2n) is 6.83. The van der Waals surface area contributed by atoms with Crippen LogP contribution in [0.1, 0.15) is 18.1 Å². The zero-order chi connectivity index (χ0) is 19.3. The van der Waals surface area contributed by atoms with Crippen molar-refractivity contribution in [3.05, 3.63) is 90.0 Å². The molecule has 0 spiro atoms. The first-order chi connectivity index (χ1) is 13.0. The van der Waals surface area contributed by atoms with Crippen molar-refractivity contribution >= 4 is 29.6 Å². The molecular formula is C23H24O3Si. The van der Waals surface area contributed by atoms with Crippen LogP contribution >= 0.6 is 0 Å². The Morgan fingerprint density at radius 3 is 2.00 bits per heavy atom. The molecule has 0 aromatic heterocycles. The van der Waals surface area contributed by atoms with Crippen LogP contribution in [0.5, 0.6) is 0 Å². The molecule has 3 aromatic carbocycles. The van der Waals surface area contributed by atoms with Crippen LogP contribution in [-0.4, -0.2) is 19.1 Å². The number of benzene rings is 3. The summed E-state index contributed by atoms with van der Waals surface area (Å²) in [5.74, 6) is -0.279. The number of hydrogen-bond donors (Lipinski definition) is 1. The van der Waals surface area contributed by atoms with Crippen LogP contribution in [0.15, 0.2) is 78.9 Å². The highest BCUT2D eigenvalue weighted by molar-refractivity contribution is 7.10. The van der Waals surface area contributed by atoms with Crippen molar-refractivity contribution < 1.29 is 14.6 Å². The van der Waals surface area contributed by atoms with Crippen molar-refractivity contribution in [3.63, 3.8) is 0 Å². The van der Waals surface area contributed by atoms with Crippen molar-refractivity contribution in [2.24, 2.45) is 0 Å². The SMILES string of the molecule is CC(=O)OCc1cccc([Si](C)(c2ccccc2)c2cccc(CO)c2)c1. The minimum atomic E-state index is -2.26. The van der Waals surface area contributed by atoms with Gasteiger partial charge in [0.1, 0.15) is 14.7 Å². The molecule has 0 amide bonds. The molecule has 0 saturated carbocycles. The number of hydrogen-bond acceptors (Lipinski definition) is 3. The van der Waals surface area contributed by atoms with Gasteiger partial charge in [-0.25, -0.2) is 0 Å². The molecule has 0 heterocycles. The van der Waals surface area contributed by atoms with Gasteiger partial charge in [0.25, 0.3) is 0 Å². The van der Waals surface area contributed by atoms with Gasteiger partial charge in [0.15, 0.2) is 0 Å². The van der Waals surface area contributed by atoms with Gasteiger partial charge in [0.05, 0.1) is 6.61 Å². The van der Waals surface area contributed by atoms with Crippen LogP contribution < -0.4 is 15.6 Å². The van der Waals surface area contributed by atoms with Crippen LogP contribution in [-0.2, 0) is 22.7 Å². The first-order valence-electron chi connectivity index (χ1n) is 9.02. The molecule has 0 radical (unpaired) electrons. The molecule has 0 fully saturated rings. The lowest BCUT2D eigenvalue weighted by Crippen LogP contribution is -2.64. The van der Waals surface area contributed by atoms with Crippen LogP contribution in [0.4, 0.5) is 0 Å². The molecule has 1 atom stereocenters. The molecule has 3 rings (SSSR count). The monoisotopic (exact) mass is 376 g/mol. The van der Waals surface area contributed by atoms with Crippen LogP contribution in [0.2, 0.25) is 6.55 Å². The zero-order valence-electron chi connectivity index (χ0n) is 15.7. The van der Waals surface area contributed by atoms with Gasteiger partial charge in [-0.1, -0.05) is 85.4 Å². The molecule has 0 aliphatic rings. The number of carbonyl (C=O) groups excluding carboxylic acids is 1. The maximum atomic E-state index is 11.2. The Kier molecular flexibility index (Phi) is 5.89. The fraction of sp³-hybridized carbons (Fsp3) is 0.174. The van der Waals surface area contributed by atoms with Crippen LogP contribution in [0, 0.1) is 0 Å². The smallest absolute Gasteiger partial charge is 0.302 e. The van der Waals surface area contributed by atoms with Crippen LogP contribution in [0.25, 0.3) is 0 Å². The highest BCUT2D eigenvalue weighted by Gasteiger charge is 2.34. The van der Waals surface area contributed by atoms with E-state index in [2.05, 4.69) is 55.1 Å². The molecule has 3 nitrogen and oxygen atoms in total. The minimum absolute atomic E-state index is 0.0274. The molecule has 1 unspecified atom stereocenters. The normalized spacial score (nSPS) is 13.0. The highest BCUT2D eigenvalue weighted by Crippen LogP contribution is 2.11. The Labute approximate surface area is 161 Å². The lowest BCUT2D eigenvalue weighted by atomic mass is 10.2. The largest absolute Gasteiger partial charge is 0.461 e. The van der Waals surface area contributed by atoms with Gasteiger partial charge in [0.2, 0.25) is 0 Å². The fourth-order valence-electron chi connectivity index (χ4n) is 3.41. The summed E-state index contributed by atoms with van der Waals surface area (Å²) in [6.07, 6.45) is 0. The first kappa shape index (κ1) is 19.1. The minimum Gasteiger partial charge on any atom is -0.461 e. The van der Waals surface area contributed by atoms with Crippen molar-refractivity contribution in [2.45, 2.75) is 26.7 Å². The van der Waals surface area contributed by atoms with E-state index in [9.17, 15) is 9.90 Å². The maximum absolute atomic E-state index is 11.2. The van der Waals surface area contributed by atoms with Crippen molar-refractivity contribution in [1.82, 2.24) is 0 Å². The topological polar surface area (TPSA) is 46.5 Å². The van der Waals surface area contributed by atoms with E-state index in [1.54, 1.807) is 0 Å². The second-order valence-corrected chi connectivity index (χ2v) is 10.8. The quantitative estimate of drug-likeness (QED) is 0.408. The Morgan fingerprint density at radius 1 is 0.852 bits per heavy atom. The molecule has 0 saturated heterocycles. The predicted octanol–water partition coefficient (Wildman–Crippen LogP) is 2.34. The van der Waals surface area contributed by atoms with Gasteiger partial charge in [-0.2, -0.15) is 0 Å². The summed E-state index contributed by atoms with van der Waals surface area (Å²) in [5, 5.41) is 13.4. The number of carbonyl (C=O) groups is 1. The van der Waals surface area contributed by atoms with Gasteiger partial charge in [-0.3, -0.25) is 4.79 Å².